The number of hydrogen-bond acceptors (Lipinski definition) is 2. The van der Waals surface area contributed by atoms with Crippen LogP contribution in [0.3, 0.4) is 0 Å². The SMILES string of the molecule is C=C(C)c1cn2ccnc2cc1CO. The predicted molar refractivity (Wildman–Crippen MR) is 55.8 cm³/mol. The molecule has 0 amide bonds. The maximum Gasteiger partial charge on any atom is 0.137 e. The van der Waals surface area contributed by atoms with E-state index in [9.17, 15) is 5.11 Å². The van der Waals surface area contributed by atoms with Crippen molar-refractivity contribution in [2.45, 2.75) is 13.5 Å². The van der Waals surface area contributed by atoms with Gasteiger partial charge in [0.25, 0.3) is 0 Å². The summed E-state index contributed by atoms with van der Waals surface area (Å²) in [5.74, 6) is 0. The molecule has 0 atom stereocenters. The number of nitrogens with zero attached hydrogens (tertiary/aromatic N) is 2. The molecule has 0 saturated heterocycles. The van der Waals surface area contributed by atoms with Gasteiger partial charge in [0.05, 0.1) is 6.61 Å². The van der Waals surface area contributed by atoms with E-state index in [2.05, 4.69) is 11.6 Å². The number of imidazole rings is 1. The van der Waals surface area contributed by atoms with Crippen molar-refractivity contribution in [1.29, 1.82) is 0 Å². The molecule has 3 heteroatoms. The van der Waals surface area contributed by atoms with Crippen LogP contribution < -0.4 is 0 Å². The van der Waals surface area contributed by atoms with Crippen LogP contribution in [0.5, 0.6) is 0 Å². The van der Waals surface area contributed by atoms with Crippen LogP contribution in [0.2, 0.25) is 0 Å². The highest BCUT2D eigenvalue weighted by atomic mass is 16.3. The summed E-state index contributed by atoms with van der Waals surface area (Å²) in [7, 11) is 0. The van der Waals surface area contributed by atoms with Crippen molar-refractivity contribution < 1.29 is 5.11 Å². The van der Waals surface area contributed by atoms with Gasteiger partial charge in [-0.25, -0.2) is 4.98 Å². The summed E-state index contributed by atoms with van der Waals surface area (Å²) < 4.78 is 1.92. The maximum atomic E-state index is 9.19. The lowest BCUT2D eigenvalue weighted by Crippen LogP contribution is -1.95. The lowest BCUT2D eigenvalue weighted by molar-refractivity contribution is 0.281. The Hall–Kier alpha value is -1.61. The molecule has 0 radical (unpaired) electrons. The molecule has 3 nitrogen and oxygen atoms in total. The molecule has 0 bridgehead atoms. The highest BCUT2D eigenvalue weighted by Crippen LogP contribution is 2.18. The molecule has 2 aromatic rings. The van der Waals surface area contributed by atoms with E-state index in [4.69, 9.17) is 0 Å². The van der Waals surface area contributed by atoms with Crippen molar-refractivity contribution >= 4 is 11.2 Å². The van der Waals surface area contributed by atoms with Crippen molar-refractivity contribution in [3.05, 3.63) is 42.4 Å². The number of pyridine rings is 1. The van der Waals surface area contributed by atoms with Crippen molar-refractivity contribution in [3.8, 4) is 0 Å². The topological polar surface area (TPSA) is 37.5 Å². The monoisotopic (exact) mass is 188 g/mol. The quantitative estimate of drug-likeness (QED) is 0.781. The third-order valence-corrected chi connectivity index (χ3v) is 2.25. The van der Waals surface area contributed by atoms with Gasteiger partial charge >= 0.3 is 0 Å². The molecule has 0 spiro atoms. The van der Waals surface area contributed by atoms with E-state index in [1.807, 2.05) is 29.8 Å². The van der Waals surface area contributed by atoms with Crippen molar-refractivity contribution in [3.63, 3.8) is 0 Å². The van der Waals surface area contributed by atoms with Gasteiger partial charge in [0.2, 0.25) is 0 Å². The molecule has 0 fully saturated rings. The van der Waals surface area contributed by atoms with Gasteiger partial charge in [0.1, 0.15) is 5.65 Å². The summed E-state index contributed by atoms with van der Waals surface area (Å²) >= 11 is 0. The minimum absolute atomic E-state index is 0.0194. The molecular weight excluding hydrogens is 176 g/mol. The Morgan fingerprint density at radius 3 is 3.07 bits per heavy atom. The zero-order chi connectivity index (χ0) is 10.1. The van der Waals surface area contributed by atoms with Crippen molar-refractivity contribution in [2.75, 3.05) is 0 Å². The fourth-order valence-corrected chi connectivity index (χ4v) is 1.52. The number of fused-ring (bicyclic) bond motifs is 1. The van der Waals surface area contributed by atoms with Crippen LogP contribution in [0, 0.1) is 0 Å². The van der Waals surface area contributed by atoms with Gasteiger partial charge in [-0.2, -0.15) is 0 Å². The summed E-state index contributed by atoms with van der Waals surface area (Å²) in [6, 6.07) is 1.88. The Bertz CT molecular complexity index is 485. The molecule has 72 valence electrons. The zero-order valence-electron chi connectivity index (χ0n) is 8.07. The van der Waals surface area contributed by atoms with Gasteiger partial charge in [-0.05, 0) is 29.7 Å². The van der Waals surface area contributed by atoms with Gasteiger partial charge in [0.15, 0.2) is 0 Å². The van der Waals surface area contributed by atoms with Crippen LogP contribution in [-0.4, -0.2) is 14.5 Å². The third kappa shape index (κ3) is 1.32. The minimum Gasteiger partial charge on any atom is -0.392 e. The highest BCUT2D eigenvalue weighted by molar-refractivity contribution is 5.66. The highest BCUT2D eigenvalue weighted by Gasteiger charge is 2.05. The first-order valence-electron chi connectivity index (χ1n) is 4.44. The lowest BCUT2D eigenvalue weighted by Gasteiger charge is -2.07. The molecule has 2 aromatic heterocycles. The summed E-state index contributed by atoms with van der Waals surface area (Å²) in [6.07, 6.45) is 5.55. The number of hydrogen-bond donors (Lipinski definition) is 1. The number of allylic oxidation sites excluding steroid dienone is 1. The Morgan fingerprint density at radius 1 is 1.64 bits per heavy atom. The maximum absolute atomic E-state index is 9.19. The largest absolute Gasteiger partial charge is 0.392 e. The molecule has 2 rings (SSSR count). The van der Waals surface area contributed by atoms with E-state index in [0.29, 0.717) is 0 Å². The fourth-order valence-electron chi connectivity index (χ4n) is 1.52. The number of aromatic nitrogens is 2. The van der Waals surface area contributed by atoms with E-state index >= 15 is 0 Å². The molecule has 0 aliphatic rings. The van der Waals surface area contributed by atoms with Crippen LogP contribution in [0.15, 0.2) is 31.2 Å². The van der Waals surface area contributed by atoms with E-state index < -0.39 is 0 Å². The van der Waals surface area contributed by atoms with Crippen LogP contribution >= 0.6 is 0 Å². The van der Waals surface area contributed by atoms with Gasteiger partial charge in [-0.1, -0.05) is 6.58 Å². The van der Waals surface area contributed by atoms with Crippen LogP contribution in [-0.2, 0) is 6.61 Å². The summed E-state index contributed by atoms with van der Waals surface area (Å²) in [4.78, 5) is 4.15. The molecule has 0 aliphatic heterocycles. The van der Waals surface area contributed by atoms with E-state index in [0.717, 1.165) is 22.3 Å². The Balaban J connectivity index is 2.72. The molecular formula is C11H12N2O. The fraction of sp³-hybridized carbons (Fsp3) is 0.182. The lowest BCUT2D eigenvalue weighted by atomic mass is 10.1. The van der Waals surface area contributed by atoms with Crippen molar-refractivity contribution in [2.24, 2.45) is 0 Å². The summed E-state index contributed by atoms with van der Waals surface area (Å²) in [5.41, 5.74) is 3.65. The van der Waals surface area contributed by atoms with E-state index in [1.165, 1.54) is 0 Å². The minimum atomic E-state index is 0.0194. The molecule has 0 aliphatic carbocycles. The first kappa shape index (κ1) is 8.97. The second kappa shape index (κ2) is 3.27. The molecule has 0 aromatic carbocycles. The molecule has 14 heavy (non-hydrogen) atoms. The third-order valence-electron chi connectivity index (χ3n) is 2.25. The van der Waals surface area contributed by atoms with Gasteiger partial charge in [-0.15, -0.1) is 0 Å². The second-order valence-electron chi connectivity index (χ2n) is 3.34. The molecule has 0 unspecified atom stereocenters. The van der Waals surface area contributed by atoms with Crippen LogP contribution in [0.25, 0.3) is 11.2 Å². The normalized spacial score (nSPS) is 10.7. The summed E-state index contributed by atoms with van der Waals surface area (Å²) in [6.45, 7) is 5.83. The van der Waals surface area contributed by atoms with Crippen LogP contribution in [0.4, 0.5) is 0 Å². The molecule has 0 saturated carbocycles. The number of aliphatic hydroxyl groups excluding tert-OH is 1. The Morgan fingerprint density at radius 2 is 2.43 bits per heavy atom. The van der Waals surface area contributed by atoms with Gasteiger partial charge in [0, 0.05) is 18.6 Å². The van der Waals surface area contributed by atoms with Crippen LogP contribution in [0.1, 0.15) is 18.1 Å². The smallest absolute Gasteiger partial charge is 0.137 e. The number of aliphatic hydroxyl groups is 1. The molecule has 1 N–H and O–H groups in total. The zero-order valence-corrected chi connectivity index (χ0v) is 8.07. The standard InChI is InChI=1S/C11H12N2O/c1-8(2)10-6-13-4-3-12-11(13)5-9(10)7-14/h3-6,14H,1,7H2,2H3. The average molecular weight is 188 g/mol. The Kier molecular flexibility index (Phi) is 2.09. The first-order valence-corrected chi connectivity index (χ1v) is 4.44. The second-order valence-corrected chi connectivity index (χ2v) is 3.34. The van der Waals surface area contributed by atoms with Gasteiger partial charge in [-0.3, -0.25) is 0 Å². The Labute approximate surface area is 82.3 Å². The summed E-state index contributed by atoms with van der Waals surface area (Å²) in [5, 5.41) is 9.19. The van der Waals surface area contributed by atoms with E-state index in [1.54, 1.807) is 6.20 Å². The van der Waals surface area contributed by atoms with Gasteiger partial charge < -0.3 is 9.51 Å². The number of rotatable bonds is 2. The first-order chi connectivity index (χ1) is 6.72. The predicted octanol–water partition coefficient (Wildman–Crippen LogP) is 1.86. The molecule has 2 heterocycles. The van der Waals surface area contributed by atoms with Crippen molar-refractivity contribution in [1.82, 2.24) is 9.38 Å². The average Bonchev–Trinajstić information content (AvgIpc) is 2.62. The van der Waals surface area contributed by atoms with E-state index in [-0.39, 0.29) is 6.61 Å².